The number of esters is 1. The fraction of sp³-hybridized carbons (Fsp3) is 0.375. The molecule has 0 aromatic carbocycles. The smallest absolute Gasteiger partial charge is 0.383 e. The van der Waals surface area contributed by atoms with E-state index in [1.165, 1.54) is 20.3 Å². The Labute approximate surface area is 80.7 Å². The van der Waals surface area contributed by atoms with Crippen LogP contribution in [0.5, 0.6) is 0 Å². The number of allylic oxidation sites excluding steroid dienone is 1. The molecule has 0 saturated heterocycles. The quantitative estimate of drug-likeness (QED) is 0.511. The monoisotopic (exact) mass is 204 g/mol. The van der Waals surface area contributed by atoms with Gasteiger partial charge >= 0.3 is 5.97 Å². The summed E-state index contributed by atoms with van der Waals surface area (Å²) in [5.74, 6) is 0.342. The van der Waals surface area contributed by atoms with Crippen molar-refractivity contribution in [2.75, 3.05) is 20.1 Å². The number of cyclic esters (lactones) is 1. The number of alkyl halides is 1. The van der Waals surface area contributed by atoms with Gasteiger partial charge in [0.05, 0.1) is 14.2 Å². The molecule has 0 amide bonds. The number of carbonyl (C=O) groups is 1. The molecule has 72 valence electrons. The van der Waals surface area contributed by atoms with Crippen LogP contribution < -0.4 is 0 Å². The number of hydrogen-bond donors (Lipinski definition) is 0. The summed E-state index contributed by atoms with van der Waals surface area (Å²) >= 11 is 5.46. The van der Waals surface area contributed by atoms with Gasteiger partial charge in [-0.1, -0.05) is 0 Å². The van der Waals surface area contributed by atoms with Crippen LogP contribution in [-0.4, -0.2) is 26.1 Å². The highest BCUT2D eigenvalue weighted by atomic mass is 35.5. The van der Waals surface area contributed by atoms with E-state index in [2.05, 4.69) is 0 Å². The molecule has 0 spiro atoms. The minimum absolute atomic E-state index is 0.0684. The lowest BCUT2D eigenvalue weighted by atomic mass is 10.3. The topological polar surface area (TPSA) is 44.8 Å². The molecule has 0 saturated carbocycles. The molecule has 1 aliphatic heterocycles. The average Bonchev–Trinajstić information content (AvgIpc) is 2.41. The molecule has 0 aliphatic carbocycles. The molecule has 4 nitrogen and oxygen atoms in total. The van der Waals surface area contributed by atoms with Crippen molar-refractivity contribution in [3.05, 3.63) is 23.4 Å². The van der Waals surface area contributed by atoms with Crippen LogP contribution in [0, 0.1) is 0 Å². The Bertz CT molecular complexity index is 280. The zero-order valence-electron chi connectivity index (χ0n) is 7.30. The molecule has 0 atom stereocenters. The number of halogens is 1. The van der Waals surface area contributed by atoms with E-state index in [0.717, 1.165) is 0 Å². The zero-order valence-corrected chi connectivity index (χ0v) is 8.05. The third-order valence-corrected chi connectivity index (χ3v) is 1.64. The molecule has 0 unspecified atom stereocenters. The SMILES string of the molecule is COC1=C(OC)/C(=C\CCl)OC1=O. The van der Waals surface area contributed by atoms with Gasteiger partial charge < -0.3 is 14.2 Å². The summed E-state index contributed by atoms with van der Waals surface area (Å²) in [6.07, 6.45) is 1.53. The third kappa shape index (κ3) is 1.78. The van der Waals surface area contributed by atoms with Crippen LogP contribution in [0.25, 0.3) is 0 Å². The normalized spacial score (nSPS) is 19.3. The molecule has 13 heavy (non-hydrogen) atoms. The second kappa shape index (κ2) is 4.18. The van der Waals surface area contributed by atoms with E-state index < -0.39 is 5.97 Å². The van der Waals surface area contributed by atoms with Crippen molar-refractivity contribution in [1.29, 1.82) is 0 Å². The largest absolute Gasteiger partial charge is 0.490 e. The molecule has 0 N–H and O–H groups in total. The average molecular weight is 205 g/mol. The van der Waals surface area contributed by atoms with E-state index in [0.29, 0.717) is 5.76 Å². The lowest BCUT2D eigenvalue weighted by molar-refractivity contribution is -0.136. The molecule has 0 radical (unpaired) electrons. The highest BCUT2D eigenvalue weighted by Gasteiger charge is 2.32. The first-order valence-electron chi connectivity index (χ1n) is 3.55. The van der Waals surface area contributed by atoms with Gasteiger partial charge in [-0.2, -0.15) is 0 Å². The predicted molar refractivity (Wildman–Crippen MR) is 45.9 cm³/mol. The molecule has 1 aliphatic rings. The first-order valence-corrected chi connectivity index (χ1v) is 4.09. The van der Waals surface area contributed by atoms with E-state index in [-0.39, 0.29) is 17.4 Å². The molecule has 0 fully saturated rings. The van der Waals surface area contributed by atoms with Crippen molar-refractivity contribution in [2.24, 2.45) is 0 Å². The fourth-order valence-electron chi connectivity index (χ4n) is 0.971. The van der Waals surface area contributed by atoms with E-state index in [9.17, 15) is 4.79 Å². The molecule has 5 heteroatoms. The highest BCUT2D eigenvalue weighted by Crippen LogP contribution is 2.26. The van der Waals surface area contributed by atoms with Crippen LogP contribution in [-0.2, 0) is 19.0 Å². The standard InChI is InChI=1S/C8H9ClO4/c1-11-6-5(3-4-9)13-8(10)7(6)12-2/h3H,4H2,1-2H3/b5-3+. The Balaban J connectivity index is 3.02. The molecular formula is C8H9ClO4. The molecule has 0 aromatic rings. The maximum Gasteiger partial charge on any atom is 0.383 e. The van der Waals surface area contributed by atoms with Gasteiger partial charge in [0.2, 0.25) is 5.76 Å². The van der Waals surface area contributed by atoms with Crippen LogP contribution in [0.3, 0.4) is 0 Å². The number of hydrogen-bond acceptors (Lipinski definition) is 4. The number of methoxy groups -OCH3 is 2. The highest BCUT2D eigenvalue weighted by molar-refractivity contribution is 6.19. The molecule has 1 rings (SSSR count). The van der Waals surface area contributed by atoms with Crippen molar-refractivity contribution in [3.8, 4) is 0 Å². The Morgan fingerprint density at radius 2 is 2.00 bits per heavy atom. The van der Waals surface area contributed by atoms with Crippen molar-refractivity contribution in [2.45, 2.75) is 0 Å². The maximum absolute atomic E-state index is 11.1. The van der Waals surface area contributed by atoms with E-state index in [1.807, 2.05) is 0 Å². The minimum Gasteiger partial charge on any atom is -0.490 e. The minimum atomic E-state index is -0.560. The maximum atomic E-state index is 11.1. The first-order chi connectivity index (χ1) is 6.24. The Morgan fingerprint density at radius 1 is 1.38 bits per heavy atom. The van der Waals surface area contributed by atoms with Gasteiger partial charge in [-0.3, -0.25) is 0 Å². The fourth-order valence-corrected chi connectivity index (χ4v) is 1.11. The number of rotatable bonds is 3. The van der Waals surface area contributed by atoms with E-state index in [4.69, 9.17) is 25.8 Å². The summed E-state index contributed by atoms with van der Waals surface area (Å²) in [4.78, 5) is 11.1. The van der Waals surface area contributed by atoms with Crippen LogP contribution in [0.2, 0.25) is 0 Å². The Morgan fingerprint density at radius 3 is 2.46 bits per heavy atom. The summed E-state index contributed by atoms with van der Waals surface area (Å²) in [5, 5.41) is 0. The van der Waals surface area contributed by atoms with Gasteiger partial charge in [-0.15, -0.1) is 11.6 Å². The number of ether oxygens (including phenoxy) is 3. The molecular weight excluding hydrogens is 196 g/mol. The van der Waals surface area contributed by atoms with Crippen LogP contribution in [0.15, 0.2) is 23.4 Å². The van der Waals surface area contributed by atoms with Gasteiger partial charge in [0.25, 0.3) is 5.76 Å². The molecule has 0 bridgehead atoms. The van der Waals surface area contributed by atoms with Crippen molar-refractivity contribution in [1.82, 2.24) is 0 Å². The summed E-state index contributed by atoms with van der Waals surface area (Å²) < 4.78 is 14.6. The molecule has 1 heterocycles. The Hall–Kier alpha value is -1.16. The Kier molecular flexibility index (Phi) is 3.19. The van der Waals surface area contributed by atoms with Crippen LogP contribution in [0.4, 0.5) is 0 Å². The van der Waals surface area contributed by atoms with Crippen molar-refractivity contribution in [3.63, 3.8) is 0 Å². The van der Waals surface area contributed by atoms with Crippen molar-refractivity contribution < 1.29 is 19.0 Å². The lowest BCUT2D eigenvalue weighted by Gasteiger charge is -2.00. The summed E-state index contributed by atoms with van der Waals surface area (Å²) in [6, 6.07) is 0. The van der Waals surface area contributed by atoms with Gasteiger partial charge in [0, 0.05) is 5.88 Å². The van der Waals surface area contributed by atoms with E-state index in [1.54, 1.807) is 0 Å². The summed E-state index contributed by atoms with van der Waals surface area (Å²) in [6.45, 7) is 0. The predicted octanol–water partition coefficient (Wildman–Crippen LogP) is 1.17. The van der Waals surface area contributed by atoms with Gasteiger partial charge in [-0.05, 0) is 6.08 Å². The van der Waals surface area contributed by atoms with Gasteiger partial charge in [0.15, 0.2) is 5.76 Å². The second-order valence-electron chi connectivity index (χ2n) is 2.18. The number of carbonyl (C=O) groups excluding carboxylic acids is 1. The summed E-state index contributed by atoms with van der Waals surface area (Å²) in [7, 11) is 2.80. The summed E-state index contributed by atoms with van der Waals surface area (Å²) in [5.41, 5.74) is 0. The third-order valence-electron chi connectivity index (χ3n) is 1.49. The van der Waals surface area contributed by atoms with Gasteiger partial charge in [0.1, 0.15) is 0 Å². The van der Waals surface area contributed by atoms with Crippen molar-refractivity contribution >= 4 is 17.6 Å². The zero-order chi connectivity index (χ0) is 9.84. The molecule has 0 aromatic heterocycles. The first kappa shape index (κ1) is 9.92. The van der Waals surface area contributed by atoms with Crippen LogP contribution in [0.1, 0.15) is 0 Å². The lowest BCUT2D eigenvalue weighted by Crippen LogP contribution is -2.00. The van der Waals surface area contributed by atoms with E-state index >= 15 is 0 Å². The second-order valence-corrected chi connectivity index (χ2v) is 2.49. The van der Waals surface area contributed by atoms with Gasteiger partial charge in [-0.25, -0.2) is 4.79 Å². The van der Waals surface area contributed by atoms with Crippen LogP contribution >= 0.6 is 11.6 Å².